The summed E-state index contributed by atoms with van der Waals surface area (Å²) in [7, 11) is 3.41. The van der Waals surface area contributed by atoms with Crippen LogP contribution in [0.2, 0.25) is 5.02 Å². The van der Waals surface area contributed by atoms with Gasteiger partial charge in [0.1, 0.15) is 0 Å². The molecule has 0 saturated carbocycles. The fourth-order valence-corrected chi connectivity index (χ4v) is 2.79. The van der Waals surface area contributed by atoms with Crippen LogP contribution in [0.3, 0.4) is 0 Å². The molecule has 2 aromatic rings. The maximum atomic E-state index is 11.6. The Labute approximate surface area is 140 Å². The average Bonchev–Trinajstić information content (AvgIpc) is 2.98. The van der Waals surface area contributed by atoms with Crippen LogP contribution in [0.25, 0.3) is 0 Å². The van der Waals surface area contributed by atoms with Crippen molar-refractivity contribution in [3.05, 3.63) is 52.8 Å². The van der Waals surface area contributed by atoms with Gasteiger partial charge in [-0.05, 0) is 30.2 Å². The lowest BCUT2D eigenvalue weighted by molar-refractivity contribution is -0.132. The average molecular weight is 338 g/mol. The fraction of sp³-hybridized carbons (Fsp3) is 0.375. The molecular formula is C16H20ClN3O3. The van der Waals surface area contributed by atoms with Crippen LogP contribution in [0.5, 0.6) is 0 Å². The number of aryl methyl sites for hydroxylation is 1. The molecule has 0 saturated heterocycles. The first-order valence-corrected chi connectivity index (χ1v) is 7.61. The number of ether oxygens (including phenoxy) is 1. The van der Waals surface area contributed by atoms with Crippen LogP contribution in [0.4, 0.5) is 0 Å². The number of carbonyl (C=O) groups is 1. The summed E-state index contributed by atoms with van der Waals surface area (Å²) in [5.74, 6) is -0.578. The van der Waals surface area contributed by atoms with Gasteiger partial charge in [-0.2, -0.15) is 5.10 Å². The smallest absolute Gasteiger partial charge is 0.245 e. The number of rotatable bonds is 7. The molecule has 1 amide bonds. The second-order valence-corrected chi connectivity index (χ2v) is 5.77. The second kappa shape index (κ2) is 8.10. The molecule has 23 heavy (non-hydrogen) atoms. The number of benzene rings is 1. The van der Waals surface area contributed by atoms with Crippen LogP contribution >= 0.6 is 11.6 Å². The van der Waals surface area contributed by atoms with Crippen LogP contribution in [-0.4, -0.2) is 34.1 Å². The van der Waals surface area contributed by atoms with E-state index in [0.717, 1.165) is 11.3 Å². The monoisotopic (exact) mass is 337 g/mol. The third-order valence-electron chi connectivity index (χ3n) is 3.87. The molecule has 0 aliphatic carbocycles. The van der Waals surface area contributed by atoms with Gasteiger partial charge in [0, 0.05) is 37.0 Å². The van der Waals surface area contributed by atoms with E-state index in [1.807, 2.05) is 37.4 Å². The molecule has 0 fully saturated rings. The van der Waals surface area contributed by atoms with Gasteiger partial charge in [0.2, 0.25) is 5.91 Å². The van der Waals surface area contributed by atoms with Gasteiger partial charge in [-0.15, -0.1) is 0 Å². The van der Waals surface area contributed by atoms with E-state index in [2.05, 4.69) is 5.10 Å². The molecule has 1 heterocycles. The number of hydrogen-bond acceptors (Lipinski definition) is 4. The third kappa shape index (κ3) is 4.54. The fourth-order valence-electron chi connectivity index (χ4n) is 2.67. The van der Waals surface area contributed by atoms with E-state index in [9.17, 15) is 4.79 Å². The molecule has 6 nitrogen and oxygen atoms in total. The van der Waals surface area contributed by atoms with Crippen molar-refractivity contribution in [3.63, 3.8) is 0 Å². The molecule has 1 aromatic heterocycles. The van der Waals surface area contributed by atoms with Crippen LogP contribution < -0.4 is 5.48 Å². The molecule has 0 radical (unpaired) electrons. The SMILES string of the molecule is CO[C@H](CC(=O)NO)[C@H](Cc1ccc(Cl)cc1)c1ccnn1C. The molecule has 2 atom stereocenters. The summed E-state index contributed by atoms with van der Waals surface area (Å²) in [6, 6.07) is 9.47. The van der Waals surface area contributed by atoms with Crippen molar-refractivity contribution < 1.29 is 14.7 Å². The van der Waals surface area contributed by atoms with Crippen molar-refractivity contribution in [1.82, 2.24) is 15.3 Å². The van der Waals surface area contributed by atoms with Crippen molar-refractivity contribution in [3.8, 4) is 0 Å². The summed E-state index contributed by atoms with van der Waals surface area (Å²) in [5, 5.41) is 13.7. The van der Waals surface area contributed by atoms with E-state index in [0.29, 0.717) is 11.4 Å². The largest absolute Gasteiger partial charge is 0.380 e. The van der Waals surface area contributed by atoms with Gasteiger partial charge in [0.25, 0.3) is 0 Å². The van der Waals surface area contributed by atoms with Crippen molar-refractivity contribution in [2.75, 3.05) is 7.11 Å². The first kappa shape index (κ1) is 17.5. The number of nitrogens with one attached hydrogen (secondary N) is 1. The minimum atomic E-state index is -0.486. The predicted molar refractivity (Wildman–Crippen MR) is 86.4 cm³/mol. The minimum absolute atomic E-state index is 0.0520. The van der Waals surface area contributed by atoms with Crippen LogP contribution in [0.15, 0.2) is 36.5 Å². The molecular weight excluding hydrogens is 318 g/mol. The van der Waals surface area contributed by atoms with Gasteiger partial charge in [0.05, 0.1) is 12.5 Å². The Kier molecular flexibility index (Phi) is 6.15. The Morgan fingerprint density at radius 1 is 1.39 bits per heavy atom. The maximum Gasteiger partial charge on any atom is 0.245 e. The molecule has 0 spiro atoms. The summed E-state index contributed by atoms with van der Waals surface area (Å²) < 4.78 is 7.29. The number of amides is 1. The molecule has 124 valence electrons. The predicted octanol–water partition coefficient (Wildman–Crippen LogP) is 2.31. The van der Waals surface area contributed by atoms with Gasteiger partial charge < -0.3 is 4.74 Å². The lowest BCUT2D eigenvalue weighted by atomic mass is 9.89. The van der Waals surface area contributed by atoms with E-state index in [1.54, 1.807) is 23.5 Å². The molecule has 1 aromatic carbocycles. The highest BCUT2D eigenvalue weighted by molar-refractivity contribution is 6.30. The van der Waals surface area contributed by atoms with Gasteiger partial charge in [-0.3, -0.25) is 14.7 Å². The van der Waals surface area contributed by atoms with E-state index >= 15 is 0 Å². The first-order chi connectivity index (χ1) is 11.0. The van der Waals surface area contributed by atoms with Crippen molar-refractivity contribution in [2.24, 2.45) is 7.05 Å². The van der Waals surface area contributed by atoms with Crippen LogP contribution in [0, 0.1) is 0 Å². The zero-order valence-corrected chi connectivity index (χ0v) is 13.8. The summed E-state index contributed by atoms with van der Waals surface area (Å²) in [6.45, 7) is 0. The van der Waals surface area contributed by atoms with Crippen molar-refractivity contribution in [1.29, 1.82) is 0 Å². The molecule has 0 aliphatic rings. The Hall–Kier alpha value is -1.89. The van der Waals surface area contributed by atoms with Crippen molar-refractivity contribution >= 4 is 17.5 Å². The van der Waals surface area contributed by atoms with E-state index in [4.69, 9.17) is 21.5 Å². The topological polar surface area (TPSA) is 76.4 Å². The highest BCUT2D eigenvalue weighted by atomic mass is 35.5. The first-order valence-electron chi connectivity index (χ1n) is 7.23. The Bertz CT molecular complexity index is 642. The molecule has 0 bridgehead atoms. The van der Waals surface area contributed by atoms with Crippen molar-refractivity contribution in [2.45, 2.75) is 24.9 Å². The van der Waals surface area contributed by atoms with E-state index in [-0.39, 0.29) is 12.3 Å². The summed E-state index contributed by atoms with van der Waals surface area (Å²) in [4.78, 5) is 11.6. The lowest BCUT2D eigenvalue weighted by Gasteiger charge is -2.26. The highest BCUT2D eigenvalue weighted by Crippen LogP contribution is 2.28. The second-order valence-electron chi connectivity index (χ2n) is 5.33. The summed E-state index contributed by atoms with van der Waals surface area (Å²) in [5.41, 5.74) is 3.69. The molecule has 0 unspecified atom stereocenters. The van der Waals surface area contributed by atoms with E-state index < -0.39 is 12.0 Å². The number of carbonyl (C=O) groups excluding carboxylic acids is 1. The molecule has 7 heteroatoms. The molecule has 2 rings (SSSR count). The molecule has 0 aliphatic heterocycles. The van der Waals surface area contributed by atoms with Crippen LogP contribution in [0.1, 0.15) is 23.6 Å². The Morgan fingerprint density at radius 2 is 2.09 bits per heavy atom. The number of methoxy groups -OCH3 is 1. The standard InChI is InChI=1S/C16H20ClN3O3/c1-20-14(7-8-18-20)13(15(23-2)10-16(21)19-22)9-11-3-5-12(17)6-4-11/h3-8,13,15,22H,9-10H2,1-2H3,(H,19,21)/t13-,15-/m1/s1. The number of nitrogens with zero attached hydrogens (tertiary/aromatic N) is 2. The minimum Gasteiger partial charge on any atom is -0.380 e. The summed E-state index contributed by atoms with van der Waals surface area (Å²) >= 11 is 5.93. The van der Waals surface area contributed by atoms with Gasteiger partial charge in [-0.25, -0.2) is 5.48 Å². The highest BCUT2D eigenvalue weighted by Gasteiger charge is 2.28. The number of hydrogen-bond donors (Lipinski definition) is 2. The summed E-state index contributed by atoms with van der Waals surface area (Å²) in [6.07, 6.45) is 2.03. The quantitative estimate of drug-likeness (QED) is 0.600. The zero-order valence-electron chi connectivity index (χ0n) is 13.1. The number of halogens is 1. The Balaban J connectivity index is 2.29. The van der Waals surface area contributed by atoms with E-state index in [1.165, 1.54) is 0 Å². The number of aromatic nitrogens is 2. The Morgan fingerprint density at radius 3 is 2.61 bits per heavy atom. The third-order valence-corrected chi connectivity index (χ3v) is 4.12. The normalized spacial score (nSPS) is 13.6. The van der Waals surface area contributed by atoms with Gasteiger partial charge in [0.15, 0.2) is 0 Å². The number of hydroxylamine groups is 1. The molecule has 2 N–H and O–H groups in total. The lowest BCUT2D eigenvalue weighted by Crippen LogP contribution is -2.31. The maximum absolute atomic E-state index is 11.6. The van der Waals surface area contributed by atoms with Crippen LogP contribution in [-0.2, 0) is 23.0 Å². The van der Waals surface area contributed by atoms with Gasteiger partial charge in [-0.1, -0.05) is 23.7 Å². The zero-order chi connectivity index (χ0) is 16.8. The van der Waals surface area contributed by atoms with Gasteiger partial charge >= 0.3 is 0 Å².